The van der Waals surface area contributed by atoms with Gasteiger partial charge in [-0.1, -0.05) is 0 Å². The summed E-state index contributed by atoms with van der Waals surface area (Å²) in [6.07, 6.45) is 1.21. The van der Waals surface area contributed by atoms with Gasteiger partial charge in [0.2, 0.25) is 10.0 Å². The van der Waals surface area contributed by atoms with E-state index in [0.29, 0.717) is 0 Å². The Kier molecular flexibility index (Phi) is 4.03. The van der Waals surface area contributed by atoms with Crippen molar-refractivity contribution in [2.24, 2.45) is 12.2 Å². The zero-order valence-electron chi connectivity index (χ0n) is 11.2. The molecule has 1 aliphatic heterocycles. The zero-order valence-corrected chi connectivity index (χ0v) is 12.0. The molecule has 1 unspecified atom stereocenters. The van der Waals surface area contributed by atoms with Crippen LogP contribution in [0.25, 0.3) is 0 Å². The summed E-state index contributed by atoms with van der Waals surface area (Å²) in [5.41, 5.74) is 0.0483. The maximum atomic E-state index is 12.4. The van der Waals surface area contributed by atoms with Gasteiger partial charge in [-0.15, -0.1) is 0 Å². The molecule has 0 spiro atoms. The van der Waals surface area contributed by atoms with Crippen LogP contribution < -0.4 is 5.14 Å². The van der Waals surface area contributed by atoms with Gasteiger partial charge in [-0.2, -0.15) is 0 Å². The van der Waals surface area contributed by atoms with E-state index in [9.17, 15) is 18.0 Å². The lowest BCUT2D eigenvalue weighted by Gasteiger charge is -2.32. The van der Waals surface area contributed by atoms with Gasteiger partial charge in [0.05, 0.1) is 13.2 Å². The first-order chi connectivity index (χ1) is 9.71. The first-order valence-corrected chi connectivity index (χ1v) is 7.57. The number of nitrogens with zero attached hydrogens (tertiary/aromatic N) is 2. The lowest BCUT2D eigenvalue weighted by atomic mass is 10.2. The van der Waals surface area contributed by atoms with Crippen LogP contribution in [-0.2, 0) is 26.6 Å². The minimum atomic E-state index is -3.93. The summed E-state index contributed by atoms with van der Waals surface area (Å²) in [5.74, 6) is -1.76. The molecule has 1 aromatic rings. The topological polar surface area (TPSA) is 132 Å². The fourth-order valence-corrected chi connectivity index (χ4v) is 2.68. The Morgan fingerprint density at radius 3 is 2.67 bits per heavy atom. The van der Waals surface area contributed by atoms with Crippen molar-refractivity contribution in [3.63, 3.8) is 0 Å². The molecular weight excluding hydrogens is 302 g/mol. The van der Waals surface area contributed by atoms with E-state index in [1.54, 1.807) is 0 Å². The highest BCUT2D eigenvalue weighted by molar-refractivity contribution is 7.89. The van der Waals surface area contributed by atoms with E-state index in [-0.39, 0.29) is 30.3 Å². The zero-order chi connectivity index (χ0) is 15.8. The Morgan fingerprint density at radius 2 is 2.14 bits per heavy atom. The largest absolute Gasteiger partial charge is 0.480 e. The van der Waals surface area contributed by atoms with E-state index in [1.807, 2.05) is 0 Å². The number of carboxylic acids is 1. The SMILES string of the molecule is Cn1cc(S(N)(=O)=O)cc1C(=O)N1CCOCC1C(=O)O. The number of carbonyl (C=O) groups is 2. The van der Waals surface area contributed by atoms with Crippen LogP contribution in [0.3, 0.4) is 0 Å². The van der Waals surface area contributed by atoms with Crippen LogP contribution in [-0.4, -0.2) is 60.7 Å². The molecule has 1 amide bonds. The molecule has 0 aliphatic carbocycles. The quantitative estimate of drug-likeness (QED) is 0.704. The molecule has 21 heavy (non-hydrogen) atoms. The molecule has 1 saturated heterocycles. The van der Waals surface area contributed by atoms with Crippen molar-refractivity contribution in [3.05, 3.63) is 18.0 Å². The van der Waals surface area contributed by atoms with Gasteiger partial charge in [0.1, 0.15) is 10.6 Å². The van der Waals surface area contributed by atoms with Gasteiger partial charge in [0, 0.05) is 19.8 Å². The van der Waals surface area contributed by atoms with E-state index >= 15 is 0 Å². The number of carbonyl (C=O) groups excluding carboxylic acids is 1. The van der Waals surface area contributed by atoms with Crippen LogP contribution in [0.1, 0.15) is 10.5 Å². The third-order valence-electron chi connectivity index (χ3n) is 3.20. The molecule has 116 valence electrons. The molecule has 2 heterocycles. The maximum Gasteiger partial charge on any atom is 0.328 e. The summed E-state index contributed by atoms with van der Waals surface area (Å²) >= 11 is 0. The average molecular weight is 317 g/mol. The van der Waals surface area contributed by atoms with Crippen molar-refractivity contribution in [1.29, 1.82) is 0 Å². The lowest BCUT2D eigenvalue weighted by Crippen LogP contribution is -2.52. The van der Waals surface area contributed by atoms with E-state index < -0.39 is 27.9 Å². The Bertz CT molecular complexity index is 680. The van der Waals surface area contributed by atoms with Crippen LogP contribution in [0, 0.1) is 0 Å². The highest BCUT2D eigenvalue weighted by Crippen LogP contribution is 2.17. The molecule has 0 bridgehead atoms. The summed E-state index contributed by atoms with van der Waals surface area (Å²) in [6.45, 7) is 0.237. The first-order valence-electron chi connectivity index (χ1n) is 6.02. The van der Waals surface area contributed by atoms with Crippen molar-refractivity contribution in [2.75, 3.05) is 19.8 Å². The first kappa shape index (κ1) is 15.5. The number of hydrogen-bond acceptors (Lipinski definition) is 5. The van der Waals surface area contributed by atoms with Gasteiger partial charge in [0.15, 0.2) is 6.04 Å². The van der Waals surface area contributed by atoms with Gasteiger partial charge in [-0.3, -0.25) is 4.79 Å². The van der Waals surface area contributed by atoms with Crippen LogP contribution >= 0.6 is 0 Å². The van der Waals surface area contributed by atoms with Crippen molar-refractivity contribution in [3.8, 4) is 0 Å². The van der Waals surface area contributed by atoms with Gasteiger partial charge < -0.3 is 19.3 Å². The molecule has 2 rings (SSSR count). The van der Waals surface area contributed by atoms with Crippen molar-refractivity contribution < 1.29 is 27.9 Å². The monoisotopic (exact) mass is 317 g/mol. The number of rotatable bonds is 3. The third-order valence-corrected chi connectivity index (χ3v) is 4.08. The number of aryl methyl sites for hydroxylation is 1. The molecule has 0 aromatic carbocycles. The van der Waals surface area contributed by atoms with Crippen molar-refractivity contribution >= 4 is 21.9 Å². The Labute approximate surface area is 120 Å². The molecule has 1 fully saturated rings. The predicted molar refractivity (Wildman–Crippen MR) is 70.1 cm³/mol. The fourth-order valence-electron chi connectivity index (χ4n) is 2.10. The number of nitrogens with two attached hydrogens (primary N) is 1. The Morgan fingerprint density at radius 1 is 1.48 bits per heavy atom. The van der Waals surface area contributed by atoms with Crippen molar-refractivity contribution in [1.82, 2.24) is 9.47 Å². The average Bonchev–Trinajstić information content (AvgIpc) is 2.80. The predicted octanol–water partition coefficient (Wildman–Crippen LogP) is -1.40. The molecule has 9 nitrogen and oxygen atoms in total. The van der Waals surface area contributed by atoms with E-state index in [1.165, 1.54) is 17.8 Å². The lowest BCUT2D eigenvalue weighted by molar-refractivity contribution is -0.147. The highest BCUT2D eigenvalue weighted by atomic mass is 32.2. The Hall–Kier alpha value is -1.91. The number of carboxylic acid groups (broad SMARTS) is 1. The number of aliphatic carboxylic acids is 1. The smallest absolute Gasteiger partial charge is 0.328 e. The molecule has 0 radical (unpaired) electrons. The van der Waals surface area contributed by atoms with Gasteiger partial charge in [-0.25, -0.2) is 18.4 Å². The standard InChI is InChI=1S/C11H15N3O6S/c1-13-5-7(21(12,18)19)4-8(13)10(15)14-2-3-20-6-9(14)11(16)17/h4-5,9H,2-3,6H2,1H3,(H,16,17)(H2,12,18,19). The minimum absolute atomic E-state index is 0.0483. The molecule has 1 atom stereocenters. The van der Waals surface area contributed by atoms with Crippen LogP contribution in [0.4, 0.5) is 0 Å². The molecule has 10 heteroatoms. The van der Waals surface area contributed by atoms with Crippen molar-refractivity contribution in [2.45, 2.75) is 10.9 Å². The number of hydrogen-bond donors (Lipinski definition) is 2. The van der Waals surface area contributed by atoms with E-state index in [4.69, 9.17) is 15.0 Å². The second-order valence-electron chi connectivity index (χ2n) is 4.64. The van der Waals surface area contributed by atoms with Gasteiger partial charge in [0.25, 0.3) is 5.91 Å². The number of aromatic nitrogens is 1. The number of sulfonamides is 1. The fraction of sp³-hybridized carbons (Fsp3) is 0.455. The number of amides is 1. The molecular formula is C11H15N3O6S. The summed E-state index contributed by atoms with van der Waals surface area (Å²) in [4.78, 5) is 24.5. The maximum absolute atomic E-state index is 12.4. The normalized spacial score (nSPS) is 19.5. The Balaban J connectivity index is 2.35. The van der Waals surface area contributed by atoms with Gasteiger partial charge >= 0.3 is 5.97 Å². The highest BCUT2D eigenvalue weighted by Gasteiger charge is 2.34. The van der Waals surface area contributed by atoms with E-state index in [2.05, 4.69) is 0 Å². The molecule has 0 saturated carbocycles. The molecule has 3 N–H and O–H groups in total. The van der Waals surface area contributed by atoms with E-state index in [0.717, 1.165) is 11.0 Å². The minimum Gasteiger partial charge on any atom is -0.480 e. The number of morpholine rings is 1. The van der Waals surface area contributed by atoms with Gasteiger partial charge in [-0.05, 0) is 6.07 Å². The second kappa shape index (κ2) is 5.47. The number of ether oxygens (including phenoxy) is 1. The second-order valence-corrected chi connectivity index (χ2v) is 6.21. The third kappa shape index (κ3) is 3.06. The van der Waals surface area contributed by atoms with Crippen LogP contribution in [0.15, 0.2) is 17.2 Å². The number of primary sulfonamides is 1. The summed E-state index contributed by atoms with van der Waals surface area (Å²) in [5, 5.41) is 14.1. The van der Waals surface area contributed by atoms with Crippen LogP contribution in [0.2, 0.25) is 0 Å². The summed E-state index contributed by atoms with van der Waals surface area (Å²) in [7, 11) is -2.45. The van der Waals surface area contributed by atoms with Crippen LogP contribution in [0.5, 0.6) is 0 Å². The molecule has 1 aromatic heterocycles. The summed E-state index contributed by atoms with van der Waals surface area (Å²) < 4.78 is 28.9. The molecule has 1 aliphatic rings. The summed E-state index contributed by atoms with van der Waals surface area (Å²) in [6, 6.07) is 0.0329.